The van der Waals surface area contributed by atoms with Gasteiger partial charge in [0.2, 0.25) is 0 Å². The van der Waals surface area contributed by atoms with Crippen LogP contribution in [0, 0.1) is 6.92 Å². The molecule has 0 saturated carbocycles. The Kier molecular flexibility index (Phi) is 5.32. The number of aromatic nitrogens is 6. The number of hydrogen-bond donors (Lipinski definition) is 3. The van der Waals surface area contributed by atoms with Gasteiger partial charge in [0.25, 0.3) is 5.91 Å². The van der Waals surface area contributed by atoms with Crippen molar-refractivity contribution < 1.29 is 4.79 Å². The van der Waals surface area contributed by atoms with Gasteiger partial charge in [0.1, 0.15) is 29.3 Å². The molecule has 4 aromatic rings. The second-order valence-electron chi connectivity index (χ2n) is 7.61. The minimum absolute atomic E-state index is 0.0619. The third kappa shape index (κ3) is 3.81. The lowest BCUT2D eigenvalue weighted by Crippen LogP contribution is -2.30. The first-order valence-electron chi connectivity index (χ1n) is 9.73. The smallest absolute Gasteiger partial charge is 0.270 e. The van der Waals surface area contributed by atoms with Gasteiger partial charge in [-0.1, -0.05) is 0 Å². The Bertz CT molecular complexity index is 1190. The highest BCUT2D eigenvalue weighted by molar-refractivity contribution is 6.03. The van der Waals surface area contributed by atoms with Gasteiger partial charge in [0, 0.05) is 19.0 Å². The molecule has 4 rings (SSSR count). The van der Waals surface area contributed by atoms with Crippen molar-refractivity contribution in [3.8, 4) is 0 Å². The fourth-order valence-corrected chi connectivity index (χ4v) is 3.43. The first-order valence-corrected chi connectivity index (χ1v) is 9.73. The normalized spacial score (nSPS) is 11.5. The average molecular weight is 407 g/mol. The third-order valence-electron chi connectivity index (χ3n) is 5.07. The minimum Gasteiger partial charge on any atom is -0.340 e. The third-order valence-corrected chi connectivity index (χ3v) is 5.07. The molecule has 4 aromatic heterocycles. The Labute approximate surface area is 173 Å². The van der Waals surface area contributed by atoms with Gasteiger partial charge in [-0.3, -0.25) is 9.89 Å². The summed E-state index contributed by atoms with van der Waals surface area (Å²) in [4.78, 5) is 33.1. The molecule has 0 aliphatic heterocycles. The van der Waals surface area contributed by atoms with Gasteiger partial charge >= 0.3 is 0 Å². The van der Waals surface area contributed by atoms with Gasteiger partial charge in [0.15, 0.2) is 0 Å². The van der Waals surface area contributed by atoms with Gasteiger partial charge in [-0.15, -0.1) is 0 Å². The molecule has 0 bridgehead atoms. The summed E-state index contributed by atoms with van der Waals surface area (Å²) in [5, 5.41) is 11.9. The molecule has 0 saturated heterocycles. The highest BCUT2D eigenvalue weighted by Gasteiger charge is 2.21. The lowest BCUT2D eigenvalue weighted by Gasteiger charge is -2.18. The van der Waals surface area contributed by atoms with Crippen LogP contribution in [-0.2, 0) is 0 Å². The van der Waals surface area contributed by atoms with E-state index in [1.54, 1.807) is 17.3 Å². The summed E-state index contributed by atoms with van der Waals surface area (Å²) in [6, 6.07) is 1.89. The standard InChI is InChI=1S/C20H25N9O/c1-12-16-18(25-15-8-13-9-24-27-14(13)10-21-15)22-11-23-19(16)26-17(12)20(30)29(4)7-5-6-28(2)3/h8-11H,5-7H2,1-4H3,(H,24,27)(H2,21,22,23,25,26). The predicted molar refractivity (Wildman–Crippen MR) is 116 cm³/mol. The lowest BCUT2D eigenvalue weighted by molar-refractivity contribution is 0.0785. The van der Waals surface area contributed by atoms with Crippen molar-refractivity contribution in [1.82, 2.24) is 39.9 Å². The van der Waals surface area contributed by atoms with E-state index in [-0.39, 0.29) is 5.91 Å². The lowest BCUT2D eigenvalue weighted by atomic mass is 10.2. The Hall–Kier alpha value is -3.53. The van der Waals surface area contributed by atoms with Crippen LogP contribution in [0.2, 0.25) is 0 Å². The van der Waals surface area contributed by atoms with Gasteiger partial charge in [-0.25, -0.2) is 15.0 Å². The number of hydrogen-bond acceptors (Lipinski definition) is 7. The average Bonchev–Trinajstić information content (AvgIpc) is 3.31. The molecule has 0 aliphatic rings. The predicted octanol–water partition coefficient (Wildman–Crippen LogP) is 2.30. The largest absolute Gasteiger partial charge is 0.340 e. The SMILES string of the molecule is Cc1c(C(=O)N(C)CCCN(C)C)[nH]c2ncnc(Nc3cc4cn[nH]c4cn3)c12. The van der Waals surface area contributed by atoms with E-state index < -0.39 is 0 Å². The molecule has 156 valence electrons. The molecular formula is C20H25N9O. The van der Waals surface area contributed by atoms with Crippen LogP contribution in [0.15, 0.2) is 24.8 Å². The van der Waals surface area contributed by atoms with Crippen LogP contribution in [0.25, 0.3) is 21.9 Å². The maximum Gasteiger partial charge on any atom is 0.270 e. The number of pyridine rings is 1. The van der Waals surface area contributed by atoms with Crippen LogP contribution in [0.5, 0.6) is 0 Å². The number of aromatic amines is 2. The maximum absolute atomic E-state index is 13.0. The molecule has 0 fully saturated rings. The van der Waals surface area contributed by atoms with Crippen LogP contribution >= 0.6 is 0 Å². The monoisotopic (exact) mass is 407 g/mol. The van der Waals surface area contributed by atoms with Crippen molar-refractivity contribution in [2.24, 2.45) is 0 Å². The number of nitrogens with zero attached hydrogens (tertiary/aromatic N) is 6. The molecule has 0 aromatic carbocycles. The summed E-state index contributed by atoms with van der Waals surface area (Å²) in [6.45, 7) is 3.51. The number of fused-ring (bicyclic) bond motifs is 2. The summed E-state index contributed by atoms with van der Waals surface area (Å²) >= 11 is 0. The number of amides is 1. The summed E-state index contributed by atoms with van der Waals surface area (Å²) in [5.74, 6) is 1.17. The molecule has 3 N–H and O–H groups in total. The molecule has 0 spiro atoms. The van der Waals surface area contributed by atoms with E-state index in [1.165, 1.54) is 6.33 Å². The first kappa shape index (κ1) is 19.8. The number of H-pyrrole nitrogens is 2. The van der Waals surface area contributed by atoms with Crippen molar-refractivity contribution in [1.29, 1.82) is 0 Å². The Morgan fingerprint density at radius 2 is 1.97 bits per heavy atom. The van der Waals surface area contributed by atoms with E-state index in [4.69, 9.17) is 0 Å². The molecule has 10 heteroatoms. The fourth-order valence-electron chi connectivity index (χ4n) is 3.43. The van der Waals surface area contributed by atoms with Crippen LogP contribution in [-0.4, -0.2) is 80.1 Å². The summed E-state index contributed by atoms with van der Waals surface area (Å²) in [5.41, 5.74) is 2.80. The van der Waals surface area contributed by atoms with Crippen LogP contribution in [0.4, 0.5) is 11.6 Å². The number of nitrogens with one attached hydrogen (secondary N) is 3. The number of anilines is 2. The van der Waals surface area contributed by atoms with Crippen LogP contribution < -0.4 is 5.32 Å². The Morgan fingerprint density at radius 1 is 1.13 bits per heavy atom. The molecular weight excluding hydrogens is 382 g/mol. The van der Waals surface area contributed by atoms with E-state index in [9.17, 15) is 4.79 Å². The zero-order valence-electron chi connectivity index (χ0n) is 17.5. The zero-order valence-corrected chi connectivity index (χ0v) is 17.5. The fraction of sp³-hybridized carbons (Fsp3) is 0.350. The van der Waals surface area contributed by atoms with Gasteiger partial charge in [0.05, 0.1) is 23.3 Å². The van der Waals surface area contributed by atoms with E-state index in [2.05, 4.69) is 40.3 Å². The Morgan fingerprint density at radius 3 is 2.77 bits per heavy atom. The Balaban J connectivity index is 1.61. The second kappa shape index (κ2) is 8.07. The molecule has 4 heterocycles. The van der Waals surface area contributed by atoms with Crippen molar-refractivity contribution >= 4 is 39.5 Å². The number of rotatable bonds is 7. The summed E-state index contributed by atoms with van der Waals surface area (Å²) in [6.07, 6.45) is 5.82. The highest BCUT2D eigenvalue weighted by Crippen LogP contribution is 2.28. The highest BCUT2D eigenvalue weighted by atomic mass is 16.2. The maximum atomic E-state index is 13.0. The van der Waals surface area contributed by atoms with E-state index in [1.807, 2.05) is 34.1 Å². The second-order valence-corrected chi connectivity index (χ2v) is 7.61. The summed E-state index contributed by atoms with van der Waals surface area (Å²) < 4.78 is 0. The van der Waals surface area contributed by atoms with Gasteiger partial charge in [-0.2, -0.15) is 5.10 Å². The first-order chi connectivity index (χ1) is 14.4. The number of carbonyl (C=O) groups is 1. The van der Waals surface area contributed by atoms with E-state index >= 15 is 0 Å². The van der Waals surface area contributed by atoms with Crippen molar-refractivity contribution in [3.05, 3.63) is 36.0 Å². The molecule has 0 radical (unpaired) electrons. The topological polar surface area (TPSA) is 119 Å². The molecule has 0 aliphatic carbocycles. The number of carbonyl (C=O) groups excluding carboxylic acids is 1. The number of aryl methyl sites for hydroxylation is 1. The van der Waals surface area contributed by atoms with E-state index in [0.717, 1.165) is 34.8 Å². The van der Waals surface area contributed by atoms with Crippen LogP contribution in [0.1, 0.15) is 22.5 Å². The summed E-state index contributed by atoms with van der Waals surface area (Å²) in [7, 11) is 5.86. The minimum atomic E-state index is -0.0619. The van der Waals surface area contributed by atoms with E-state index in [0.29, 0.717) is 29.5 Å². The quantitative estimate of drug-likeness (QED) is 0.430. The van der Waals surface area contributed by atoms with Gasteiger partial charge < -0.3 is 20.1 Å². The van der Waals surface area contributed by atoms with Crippen molar-refractivity contribution in [2.45, 2.75) is 13.3 Å². The molecule has 0 atom stereocenters. The van der Waals surface area contributed by atoms with Crippen LogP contribution in [0.3, 0.4) is 0 Å². The molecule has 0 unspecified atom stereocenters. The zero-order chi connectivity index (χ0) is 21.3. The van der Waals surface area contributed by atoms with Crippen molar-refractivity contribution in [2.75, 3.05) is 39.5 Å². The molecule has 1 amide bonds. The van der Waals surface area contributed by atoms with Crippen molar-refractivity contribution in [3.63, 3.8) is 0 Å². The van der Waals surface area contributed by atoms with Gasteiger partial charge in [-0.05, 0) is 45.6 Å². The molecule has 30 heavy (non-hydrogen) atoms. The molecule has 10 nitrogen and oxygen atoms in total.